The van der Waals surface area contributed by atoms with Gasteiger partial charge in [-0.1, -0.05) is 0 Å². The molecule has 0 fully saturated rings. The lowest BCUT2D eigenvalue weighted by atomic mass is 10.0. The number of rotatable bonds is 6. The Kier molecular flexibility index (Phi) is 5.20. The van der Waals surface area contributed by atoms with Gasteiger partial charge in [0.15, 0.2) is 5.60 Å². The molecule has 5 heteroatoms. The second-order valence-corrected chi connectivity index (χ2v) is 4.44. The fourth-order valence-electron chi connectivity index (χ4n) is 1.12. The van der Waals surface area contributed by atoms with Crippen LogP contribution in [-0.2, 0) is 14.3 Å². The molecule has 1 atom stereocenters. The number of β-amino-alcohol motifs (C(OH)–C–C–N with tert-alkyl or cyclic N) is 1. The Morgan fingerprint density at radius 3 is 2.27 bits per heavy atom. The van der Waals surface area contributed by atoms with Gasteiger partial charge in [0.1, 0.15) is 0 Å². The molecule has 0 aromatic heterocycles. The first-order valence-electron chi connectivity index (χ1n) is 4.80. The second kappa shape index (κ2) is 5.44. The van der Waals surface area contributed by atoms with E-state index in [4.69, 9.17) is 4.74 Å². The molecule has 15 heavy (non-hydrogen) atoms. The van der Waals surface area contributed by atoms with E-state index in [1.165, 1.54) is 14.0 Å². The summed E-state index contributed by atoms with van der Waals surface area (Å²) in [5.74, 6) is -0.650. The predicted octanol–water partition coefficient (Wildman–Crippen LogP) is -0.0750. The molecule has 0 aromatic rings. The second-order valence-electron chi connectivity index (χ2n) is 4.44. The van der Waals surface area contributed by atoms with Gasteiger partial charge in [-0.25, -0.2) is 4.79 Å². The molecule has 0 aliphatic heterocycles. The highest BCUT2D eigenvalue weighted by Gasteiger charge is 2.33. The molecule has 0 radical (unpaired) electrons. The van der Waals surface area contributed by atoms with Crippen molar-refractivity contribution in [2.75, 3.05) is 27.4 Å². The van der Waals surface area contributed by atoms with Crippen molar-refractivity contribution in [3.05, 3.63) is 0 Å². The Morgan fingerprint density at radius 2 is 1.87 bits per heavy atom. The zero-order valence-electron chi connectivity index (χ0n) is 10.1. The van der Waals surface area contributed by atoms with E-state index in [1.807, 2.05) is 13.8 Å². The highest BCUT2D eigenvalue weighted by atomic mass is 16.5. The molecule has 0 aromatic carbocycles. The van der Waals surface area contributed by atoms with E-state index in [-0.39, 0.29) is 12.1 Å². The zero-order chi connectivity index (χ0) is 12.1. The molecule has 0 spiro atoms. The maximum absolute atomic E-state index is 11.2. The molecule has 90 valence electrons. The highest BCUT2D eigenvalue weighted by Crippen LogP contribution is 2.08. The first-order chi connectivity index (χ1) is 6.75. The van der Waals surface area contributed by atoms with Crippen LogP contribution in [0.1, 0.15) is 20.8 Å². The average Bonchev–Trinajstić information content (AvgIpc) is 2.14. The Bertz CT molecular complexity index is 213. The van der Waals surface area contributed by atoms with Gasteiger partial charge in [0, 0.05) is 19.2 Å². The Hall–Kier alpha value is -0.650. The Labute approximate surface area is 90.8 Å². The number of esters is 1. The van der Waals surface area contributed by atoms with Crippen molar-refractivity contribution in [3.63, 3.8) is 0 Å². The lowest BCUT2D eigenvalue weighted by Gasteiger charge is -2.29. The summed E-state index contributed by atoms with van der Waals surface area (Å²) in [7, 11) is 2.85. The highest BCUT2D eigenvalue weighted by molar-refractivity contribution is 5.78. The SMILES string of the molecule is COCC(C)(C)NCC(C)(O)C(=O)OC. The number of nitrogens with one attached hydrogen (secondary N) is 1. The van der Waals surface area contributed by atoms with Crippen molar-refractivity contribution in [2.45, 2.75) is 31.9 Å². The topological polar surface area (TPSA) is 67.8 Å². The minimum absolute atomic E-state index is 0.121. The average molecular weight is 219 g/mol. The van der Waals surface area contributed by atoms with E-state index >= 15 is 0 Å². The van der Waals surface area contributed by atoms with Crippen LogP contribution < -0.4 is 5.32 Å². The maximum atomic E-state index is 11.2. The molecule has 0 amide bonds. The molecule has 0 saturated carbocycles. The van der Waals surface area contributed by atoms with Crippen LogP contribution in [0.2, 0.25) is 0 Å². The molecule has 0 aliphatic rings. The lowest BCUT2D eigenvalue weighted by molar-refractivity contribution is -0.160. The summed E-state index contributed by atoms with van der Waals surface area (Å²) >= 11 is 0. The molecule has 0 bridgehead atoms. The van der Waals surface area contributed by atoms with Gasteiger partial charge in [-0.2, -0.15) is 0 Å². The molecule has 0 saturated heterocycles. The van der Waals surface area contributed by atoms with E-state index in [2.05, 4.69) is 10.1 Å². The fourth-order valence-corrected chi connectivity index (χ4v) is 1.12. The van der Waals surface area contributed by atoms with Crippen LogP contribution >= 0.6 is 0 Å². The monoisotopic (exact) mass is 219 g/mol. The minimum Gasteiger partial charge on any atom is -0.467 e. The number of methoxy groups -OCH3 is 2. The third-order valence-corrected chi connectivity index (χ3v) is 2.04. The quantitative estimate of drug-likeness (QED) is 0.612. The first kappa shape index (κ1) is 14.3. The maximum Gasteiger partial charge on any atom is 0.338 e. The number of hydrogen-bond acceptors (Lipinski definition) is 5. The van der Waals surface area contributed by atoms with Crippen molar-refractivity contribution >= 4 is 5.97 Å². The standard InChI is InChI=1S/C10H21NO4/c1-9(2,7-14-4)11-6-10(3,13)8(12)15-5/h11,13H,6-7H2,1-5H3. The summed E-state index contributed by atoms with van der Waals surface area (Å²) in [4.78, 5) is 11.2. The van der Waals surface area contributed by atoms with Gasteiger partial charge in [-0.15, -0.1) is 0 Å². The van der Waals surface area contributed by atoms with Crippen LogP contribution in [-0.4, -0.2) is 49.6 Å². The fraction of sp³-hybridized carbons (Fsp3) is 0.900. The van der Waals surface area contributed by atoms with E-state index in [0.29, 0.717) is 6.61 Å². The van der Waals surface area contributed by atoms with Gasteiger partial charge in [0.2, 0.25) is 0 Å². The molecule has 0 rings (SSSR count). The van der Waals surface area contributed by atoms with Crippen LogP contribution in [0.4, 0.5) is 0 Å². The normalized spacial score (nSPS) is 15.9. The van der Waals surface area contributed by atoms with Gasteiger partial charge in [-0.3, -0.25) is 0 Å². The summed E-state index contributed by atoms with van der Waals surface area (Å²) in [5, 5.41) is 12.8. The molecular weight excluding hydrogens is 198 g/mol. The molecule has 2 N–H and O–H groups in total. The summed E-state index contributed by atoms with van der Waals surface area (Å²) in [6.45, 7) is 5.86. The molecule has 0 heterocycles. The summed E-state index contributed by atoms with van der Waals surface area (Å²) in [6.07, 6.45) is 0. The van der Waals surface area contributed by atoms with Crippen molar-refractivity contribution in [3.8, 4) is 0 Å². The molecule has 1 unspecified atom stereocenters. The van der Waals surface area contributed by atoms with Crippen molar-refractivity contribution in [2.24, 2.45) is 0 Å². The van der Waals surface area contributed by atoms with E-state index in [9.17, 15) is 9.90 Å². The number of carbonyl (C=O) groups is 1. The summed E-state index contributed by atoms with van der Waals surface area (Å²) in [6, 6.07) is 0. The van der Waals surface area contributed by atoms with Crippen LogP contribution in [0, 0.1) is 0 Å². The Morgan fingerprint density at radius 1 is 1.33 bits per heavy atom. The van der Waals surface area contributed by atoms with Gasteiger partial charge < -0.3 is 19.9 Å². The van der Waals surface area contributed by atoms with Crippen molar-refractivity contribution in [1.29, 1.82) is 0 Å². The van der Waals surface area contributed by atoms with Crippen LogP contribution in [0.15, 0.2) is 0 Å². The largest absolute Gasteiger partial charge is 0.467 e. The van der Waals surface area contributed by atoms with E-state index < -0.39 is 11.6 Å². The molecule has 0 aliphatic carbocycles. The van der Waals surface area contributed by atoms with Crippen LogP contribution in [0.5, 0.6) is 0 Å². The number of carbonyl (C=O) groups excluding carboxylic acids is 1. The summed E-state index contributed by atoms with van der Waals surface area (Å²) in [5.41, 5.74) is -1.81. The third kappa shape index (κ3) is 5.11. The number of ether oxygens (including phenoxy) is 2. The Balaban J connectivity index is 4.19. The van der Waals surface area contributed by atoms with E-state index in [0.717, 1.165) is 0 Å². The van der Waals surface area contributed by atoms with E-state index in [1.54, 1.807) is 7.11 Å². The van der Waals surface area contributed by atoms with Gasteiger partial charge in [0.05, 0.1) is 13.7 Å². The van der Waals surface area contributed by atoms with Crippen LogP contribution in [0.25, 0.3) is 0 Å². The summed E-state index contributed by atoms with van der Waals surface area (Å²) < 4.78 is 9.48. The number of aliphatic hydroxyl groups is 1. The first-order valence-corrected chi connectivity index (χ1v) is 4.80. The molecular formula is C10H21NO4. The third-order valence-electron chi connectivity index (χ3n) is 2.04. The minimum atomic E-state index is -1.51. The molecule has 5 nitrogen and oxygen atoms in total. The van der Waals surface area contributed by atoms with Crippen molar-refractivity contribution < 1.29 is 19.4 Å². The lowest BCUT2D eigenvalue weighted by Crippen LogP contribution is -2.53. The predicted molar refractivity (Wildman–Crippen MR) is 56.6 cm³/mol. The van der Waals surface area contributed by atoms with Gasteiger partial charge in [-0.05, 0) is 20.8 Å². The number of hydrogen-bond donors (Lipinski definition) is 2. The van der Waals surface area contributed by atoms with Gasteiger partial charge in [0.25, 0.3) is 0 Å². The smallest absolute Gasteiger partial charge is 0.338 e. The zero-order valence-corrected chi connectivity index (χ0v) is 10.1. The van der Waals surface area contributed by atoms with Gasteiger partial charge >= 0.3 is 5.97 Å². The van der Waals surface area contributed by atoms with Crippen molar-refractivity contribution in [1.82, 2.24) is 5.32 Å². The van der Waals surface area contributed by atoms with Crippen LogP contribution in [0.3, 0.4) is 0 Å².